The van der Waals surface area contributed by atoms with Crippen molar-refractivity contribution in [2.24, 2.45) is 0 Å². The van der Waals surface area contributed by atoms with E-state index in [2.05, 4.69) is 22.2 Å². The maximum atomic E-state index is 5.40. The van der Waals surface area contributed by atoms with Crippen LogP contribution in [0.3, 0.4) is 0 Å². The van der Waals surface area contributed by atoms with Crippen LogP contribution in [0.4, 0.5) is 5.82 Å². The van der Waals surface area contributed by atoms with E-state index in [9.17, 15) is 0 Å². The largest absolute Gasteiger partial charge is 0.478 e. The van der Waals surface area contributed by atoms with Crippen molar-refractivity contribution in [2.75, 3.05) is 31.6 Å². The predicted octanol–water partition coefficient (Wildman–Crippen LogP) is 1.67. The summed E-state index contributed by atoms with van der Waals surface area (Å²) in [6.45, 7) is 4.61. The van der Waals surface area contributed by atoms with Gasteiger partial charge in [0.1, 0.15) is 5.82 Å². The van der Waals surface area contributed by atoms with Crippen molar-refractivity contribution in [3.63, 3.8) is 0 Å². The highest BCUT2D eigenvalue weighted by Crippen LogP contribution is 2.18. The standard InChI is InChI=1S/C13H21N3O/c1-3-17-13-6-4-5-12(15-13)16(2)10-9-14-11-7-8-11/h4-6,11,14H,3,7-10H2,1-2H3. The van der Waals surface area contributed by atoms with Crippen molar-refractivity contribution in [1.82, 2.24) is 10.3 Å². The van der Waals surface area contributed by atoms with Gasteiger partial charge in [0, 0.05) is 32.2 Å². The van der Waals surface area contributed by atoms with Crippen LogP contribution >= 0.6 is 0 Å². The van der Waals surface area contributed by atoms with Crippen LogP contribution in [0.25, 0.3) is 0 Å². The predicted molar refractivity (Wildman–Crippen MR) is 69.7 cm³/mol. The molecule has 1 aliphatic carbocycles. The first kappa shape index (κ1) is 12.2. The molecule has 1 heterocycles. The lowest BCUT2D eigenvalue weighted by Gasteiger charge is -2.18. The molecule has 0 aliphatic heterocycles. The Balaban J connectivity index is 1.83. The summed E-state index contributed by atoms with van der Waals surface area (Å²) in [4.78, 5) is 6.60. The molecule has 94 valence electrons. The number of ether oxygens (including phenoxy) is 1. The number of nitrogens with zero attached hydrogens (tertiary/aromatic N) is 2. The van der Waals surface area contributed by atoms with Crippen molar-refractivity contribution in [3.05, 3.63) is 18.2 Å². The van der Waals surface area contributed by atoms with Gasteiger partial charge >= 0.3 is 0 Å². The minimum absolute atomic E-state index is 0.656. The third kappa shape index (κ3) is 3.89. The molecular weight excluding hydrogens is 214 g/mol. The SMILES string of the molecule is CCOc1cccc(N(C)CCNC2CC2)n1. The molecule has 0 saturated heterocycles. The second kappa shape index (κ2) is 5.87. The summed E-state index contributed by atoms with van der Waals surface area (Å²) in [7, 11) is 2.06. The number of nitrogens with one attached hydrogen (secondary N) is 1. The topological polar surface area (TPSA) is 37.4 Å². The zero-order chi connectivity index (χ0) is 12.1. The molecule has 1 fully saturated rings. The highest BCUT2D eigenvalue weighted by Gasteiger charge is 2.19. The molecule has 4 nitrogen and oxygen atoms in total. The summed E-state index contributed by atoms with van der Waals surface area (Å²) in [5, 5.41) is 3.50. The zero-order valence-corrected chi connectivity index (χ0v) is 10.6. The van der Waals surface area contributed by atoms with Gasteiger partial charge in [-0.25, -0.2) is 0 Å². The molecular formula is C13H21N3O. The summed E-state index contributed by atoms with van der Waals surface area (Å²) < 4.78 is 5.40. The Bertz CT molecular complexity index is 352. The number of hydrogen-bond acceptors (Lipinski definition) is 4. The van der Waals surface area contributed by atoms with Crippen LogP contribution in [0.1, 0.15) is 19.8 Å². The highest BCUT2D eigenvalue weighted by molar-refractivity contribution is 5.39. The molecule has 0 bridgehead atoms. The Kier molecular flexibility index (Phi) is 4.20. The zero-order valence-electron chi connectivity index (χ0n) is 10.6. The van der Waals surface area contributed by atoms with Crippen LogP contribution < -0.4 is 15.0 Å². The van der Waals surface area contributed by atoms with Crippen LogP contribution in [0.2, 0.25) is 0 Å². The van der Waals surface area contributed by atoms with Crippen LogP contribution in [0.15, 0.2) is 18.2 Å². The van der Waals surface area contributed by atoms with Crippen molar-refractivity contribution in [3.8, 4) is 5.88 Å². The van der Waals surface area contributed by atoms with E-state index in [-0.39, 0.29) is 0 Å². The third-order valence-corrected chi connectivity index (χ3v) is 2.85. The molecule has 0 amide bonds. The van der Waals surface area contributed by atoms with Crippen molar-refractivity contribution < 1.29 is 4.74 Å². The van der Waals surface area contributed by atoms with E-state index in [1.807, 2.05) is 25.1 Å². The lowest BCUT2D eigenvalue weighted by Crippen LogP contribution is -2.30. The molecule has 0 aromatic carbocycles. The lowest BCUT2D eigenvalue weighted by atomic mass is 10.4. The number of rotatable bonds is 7. The van der Waals surface area contributed by atoms with Crippen LogP contribution in [-0.4, -0.2) is 37.8 Å². The Morgan fingerprint density at radius 1 is 1.47 bits per heavy atom. The van der Waals surface area contributed by atoms with Gasteiger partial charge in [0.05, 0.1) is 6.61 Å². The van der Waals surface area contributed by atoms with E-state index in [1.54, 1.807) is 0 Å². The number of aromatic nitrogens is 1. The molecule has 1 saturated carbocycles. The fourth-order valence-corrected chi connectivity index (χ4v) is 1.68. The molecule has 17 heavy (non-hydrogen) atoms. The summed E-state index contributed by atoms with van der Waals surface area (Å²) in [6.07, 6.45) is 2.67. The summed E-state index contributed by atoms with van der Waals surface area (Å²) >= 11 is 0. The first-order valence-electron chi connectivity index (χ1n) is 6.34. The van der Waals surface area contributed by atoms with Crippen molar-refractivity contribution in [2.45, 2.75) is 25.8 Å². The van der Waals surface area contributed by atoms with Gasteiger partial charge in [0.2, 0.25) is 5.88 Å². The molecule has 1 aromatic rings. The highest BCUT2D eigenvalue weighted by atomic mass is 16.5. The molecule has 4 heteroatoms. The summed E-state index contributed by atoms with van der Waals surface area (Å²) in [5.41, 5.74) is 0. The van der Waals surface area contributed by atoms with Crippen molar-refractivity contribution >= 4 is 5.82 Å². The van der Waals surface area contributed by atoms with E-state index >= 15 is 0 Å². The molecule has 0 unspecified atom stereocenters. The van der Waals surface area contributed by atoms with Gasteiger partial charge in [-0.15, -0.1) is 0 Å². The van der Waals surface area contributed by atoms with Gasteiger partial charge in [-0.2, -0.15) is 4.98 Å². The summed E-state index contributed by atoms with van der Waals surface area (Å²) in [5.74, 6) is 1.67. The maximum Gasteiger partial charge on any atom is 0.215 e. The maximum absolute atomic E-state index is 5.40. The number of hydrogen-bond donors (Lipinski definition) is 1. The second-order valence-electron chi connectivity index (χ2n) is 4.42. The third-order valence-electron chi connectivity index (χ3n) is 2.85. The smallest absolute Gasteiger partial charge is 0.215 e. The molecule has 0 atom stereocenters. The number of anilines is 1. The first-order valence-corrected chi connectivity index (χ1v) is 6.34. The van der Waals surface area contributed by atoms with Crippen LogP contribution in [0, 0.1) is 0 Å². The Hall–Kier alpha value is -1.29. The van der Waals surface area contributed by atoms with Crippen LogP contribution in [0.5, 0.6) is 5.88 Å². The van der Waals surface area contributed by atoms with Gasteiger partial charge in [-0.05, 0) is 25.8 Å². The average molecular weight is 235 g/mol. The fraction of sp³-hybridized carbons (Fsp3) is 0.615. The molecule has 2 rings (SSSR count). The minimum atomic E-state index is 0.656. The van der Waals surface area contributed by atoms with E-state index in [1.165, 1.54) is 12.8 Å². The molecule has 0 radical (unpaired) electrons. The van der Waals surface area contributed by atoms with Crippen LogP contribution in [-0.2, 0) is 0 Å². The Labute approximate surface area is 103 Å². The fourth-order valence-electron chi connectivity index (χ4n) is 1.68. The number of likely N-dealkylation sites (N-methyl/N-ethyl adjacent to an activating group) is 1. The average Bonchev–Trinajstić information content (AvgIpc) is 3.14. The minimum Gasteiger partial charge on any atom is -0.478 e. The van der Waals surface area contributed by atoms with Crippen molar-refractivity contribution in [1.29, 1.82) is 0 Å². The van der Waals surface area contributed by atoms with E-state index in [0.717, 1.165) is 24.9 Å². The molecule has 1 N–H and O–H groups in total. The summed E-state index contributed by atoms with van der Waals surface area (Å²) in [6, 6.07) is 6.66. The molecule has 1 aromatic heterocycles. The Morgan fingerprint density at radius 3 is 3.00 bits per heavy atom. The lowest BCUT2D eigenvalue weighted by molar-refractivity contribution is 0.327. The molecule has 1 aliphatic rings. The Morgan fingerprint density at radius 2 is 2.29 bits per heavy atom. The van der Waals surface area contributed by atoms with Gasteiger partial charge < -0.3 is 15.0 Å². The first-order chi connectivity index (χ1) is 8.29. The monoisotopic (exact) mass is 235 g/mol. The van der Waals surface area contributed by atoms with Gasteiger partial charge in [0.25, 0.3) is 0 Å². The number of pyridine rings is 1. The normalized spacial score (nSPS) is 14.7. The quantitative estimate of drug-likeness (QED) is 0.780. The van der Waals surface area contributed by atoms with E-state index in [4.69, 9.17) is 4.74 Å². The van der Waals surface area contributed by atoms with E-state index in [0.29, 0.717) is 12.5 Å². The molecule has 0 spiro atoms. The van der Waals surface area contributed by atoms with E-state index < -0.39 is 0 Å². The van der Waals surface area contributed by atoms with Gasteiger partial charge in [-0.3, -0.25) is 0 Å². The van der Waals surface area contributed by atoms with Gasteiger partial charge in [-0.1, -0.05) is 6.07 Å². The second-order valence-corrected chi connectivity index (χ2v) is 4.42. The van der Waals surface area contributed by atoms with Gasteiger partial charge in [0.15, 0.2) is 0 Å².